The van der Waals surface area contributed by atoms with Gasteiger partial charge in [0.25, 0.3) is 0 Å². The van der Waals surface area contributed by atoms with E-state index in [1.165, 1.54) is 0 Å². The molecule has 4 N–H and O–H groups in total. The molecule has 0 fully saturated rings. The van der Waals surface area contributed by atoms with Gasteiger partial charge in [-0.25, -0.2) is 4.79 Å². The molecule has 0 saturated heterocycles. The molecule has 0 spiro atoms. The predicted molar refractivity (Wildman–Crippen MR) is 46.5 cm³/mol. The van der Waals surface area contributed by atoms with E-state index in [0.29, 0.717) is 12.2 Å². The molecule has 1 aromatic heterocycles. The fraction of sp³-hybridized carbons (Fsp3) is 0.250. The molecule has 0 aromatic carbocycles. The second-order valence-corrected chi connectivity index (χ2v) is 2.47. The van der Waals surface area contributed by atoms with Crippen LogP contribution in [0.15, 0.2) is 18.3 Å². The molecule has 5 heteroatoms. The Bertz CT molecular complexity index is 284. The summed E-state index contributed by atoms with van der Waals surface area (Å²) in [5.41, 5.74) is 11.7. The Hall–Kier alpha value is -1.62. The largest absolute Gasteiger partial charge is 0.443 e. The molecule has 0 aliphatic rings. The molecule has 0 atom stereocenters. The Labute approximate surface area is 75.7 Å². The zero-order chi connectivity index (χ0) is 9.68. The molecule has 0 saturated carbocycles. The van der Waals surface area contributed by atoms with Crippen molar-refractivity contribution in [3.05, 3.63) is 29.6 Å². The van der Waals surface area contributed by atoms with E-state index in [1.54, 1.807) is 12.3 Å². The summed E-state index contributed by atoms with van der Waals surface area (Å²) in [6.07, 6.45) is 0.837. The van der Waals surface area contributed by atoms with Gasteiger partial charge < -0.3 is 16.2 Å². The van der Waals surface area contributed by atoms with Gasteiger partial charge in [0.05, 0.1) is 5.69 Å². The minimum absolute atomic E-state index is 0.0974. The third-order valence-electron chi connectivity index (χ3n) is 1.48. The number of rotatable bonds is 3. The van der Waals surface area contributed by atoms with Crippen molar-refractivity contribution in [1.82, 2.24) is 4.98 Å². The molecular weight excluding hydrogens is 170 g/mol. The SMILES string of the molecule is NCc1ccc(COC(N)=O)nc1. The second kappa shape index (κ2) is 4.42. The molecule has 0 bridgehead atoms. The van der Waals surface area contributed by atoms with Crippen LogP contribution in [0.1, 0.15) is 11.3 Å². The van der Waals surface area contributed by atoms with Crippen LogP contribution in [0.3, 0.4) is 0 Å². The van der Waals surface area contributed by atoms with E-state index < -0.39 is 6.09 Å². The minimum atomic E-state index is -0.801. The van der Waals surface area contributed by atoms with E-state index in [-0.39, 0.29) is 6.61 Å². The van der Waals surface area contributed by atoms with E-state index in [0.717, 1.165) is 5.56 Å². The minimum Gasteiger partial charge on any atom is -0.443 e. The lowest BCUT2D eigenvalue weighted by Crippen LogP contribution is -2.13. The van der Waals surface area contributed by atoms with Gasteiger partial charge in [-0.15, -0.1) is 0 Å². The number of hydrogen-bond donors (Lipinski definition) is 2. The highest BCUT2D eigenvalue weighted by Gasteiger charge is 1.97. The van der Waals surface area contributed by atoms with Crippen molar-refractivity contribution in [1.29, 1.82) is 0 Å². The fourth-order valence-electron chi connectivity index (χ4n) is 0.806. The lowest BCUT2D eigenvalue weighted by molar-refractivity contribution is 0.149. The average Bonchev–Trinajstić information content (AvgIpc) is 2.15. The van der Waals surface area contributed by atoms with E-state index in [2.05, 4.69) is 9.72 Å². The maximum atomic E-state index is 10.2. The number of hydrogen-bond acceptors (Lipinski definition) is 4. The van der Waals surface area contributed by atoms with Crippen LogP contribution in [0, 0.1) is 0 Å². The number of carbonyl (C=O) groups is 1. The zero-order valence-corrected chi connectivity index (χ0v) is 7.06. The number of carbonyl (C=O) groups excluding carboxylic acids is 1. The molecule has 0 unspecified atom stereocenters. The van der Waals surface area contributed by atoms with Gasteiger partial charge >= 0.3 is 6.09 Å². The number of amides is 1. The van der Waals surface area contributed by atoms with E-state index in [9.17, 15) is 4.79 Å². The van der Waals surface area contributed by atoms with Gasteiger partial charge in [0.15, 0.2) is 0 Å². The van der Waals surface area contributed by atoms with Crippen molar-refractivity contribution in [2.75, 3.05) is 0 Å². The monoisotopic (exact) mass is 181 g/mol. The molecule has 0 aliphatic carbocycles. The van der Waals surface area contributed by atoms with Crippen LogP contribution in [-0.2, 0) is 17.9 Å². The summed E-state index contributed by atoms with van der Waals surface area (Å²) in [7, 11) is 0. The van der Waals surface area contributed by atoms with Gasteiger partial charge in [-0.3, -0.25) is 4.98 Å². The third kappa shape index (κ3) is 3.08. The molecule has 0 radical (unpaired) electrons. The molecule has 0 aliphatic heterocycles. The van der Waals surface area contributed by atoms with Crippen molar-refractivity contribution in [2.45, 2.75) is 13.2 Å². The van der Waals surface area contributed by atoms with Crippen LogP contribution in [0.5, 0.6) is 0 Å². The maximum Gasteiger partial charge on any atom is 0.404 e. The highest BCUT2D eigenvalue weighted by atomic mass is 16.5. The Morgan fingerprint density at radius 2 is 2.31 bits per heavy atom. The summed E-state index contributed by atoms with van der Waals surface area (Å²) in [5.74, 6) is 0. The lowest BCUT2D eigenvalue weighted by atomic mass is 10.2. The van der Waals surface area contributed by atoms with Crippen LogP contribution in [0.2, 0.25) is 0 Å². The molecule has 5 nitrogen and oxygen atoms in total. The average molecular weight is 181 g/mol. The molecular formula is C8H11N3O2. The van der Waals surface area contributed by atoms with Crippen molar-refractivity contribution < 1.29 is 9.53 Å². The number of nitrogens with zero attached hydrogens (tertiary/aromatic N) is 1. The standard InChI is InChI=1S/C8H11N3O2/c9-3-6-1-2-7(11-4-6)5-13-8(10)12/h1-2,4H,3,5,9H2,(H2,10,12). The van der Waals surface area contributed by atoms with E-state index in [1.807, 2.05) is 6.07 Å². The Morgan fingerprint density at radius 1 is 1.54 bits per heavy atom. The first-order valence-electron chi connectivity index (χ1n) is 3.78. The normalized spacial score (nSPS) is 9.62. The van der Waals surface area contributed by atoms with Gasteiger partial charge in [-0.05, 0) is 11.6 Å². The van der Waals surface area contributed by atoms with E-state index in [4.69, 9.17) is 11.5 Å². The summed E-state index contributed by atoms with van der Waals surface area (Å²) in [5, 5.41) is 0. The van der Waals surface area contributed by atoms with Gasteiger partial charge in [-0.1, -0.05) is 6.07 Å². The fourth-order valence-corrected chi connectivity index (χ4v) is 0.806. The highest BCUT2D eigenvalue weighted by Crippen LogP contribution is 2.00. The van der Waals surface area contributed by atoms with Gasteiger partial charge in [-0.2, -0.15) is 0 Å². The number of ether oxygens (including phenoxy) is 1. The number of pyridine rings is 1. The van der Waals surface area contributed by atoms with Crippen molar-refractivity contribution in [2.24, 2.45) is 11.5 Å². The summed E-state index contributed by atoms with van der Waals surface area (Å²) in [6, 6.07) is 3.57. The third-order valence-corrected chi connectivity index (χ3v) is 1.48. The second-order valence-electron chi connectivity index (χ2n) is 2.47. The Morgan fingerprint density at radius 3 is 2.77 bits per heavy atom. The van der Waals surface area contributed by atoms with Crippen LogP contribution in [0.4, 0.5) is 4.79 Å². The molecule has 1 amide bonds. The van der Waals surface area contributed by atoms with Crippen LogP contribution in [0.25, 0.3) is 0 Å². The number of aromatic nitrogens is 1. The first kappa shape index (κ1) is 9.47. The molecule has 1 aromatic rings. The lowest BCUT2D eigenvalue weighted by Gasteiger charge is -2.01. The highest BCUT2D eigenvalue weighted by molar-refractivity contribution is 5.64. The quantitative estimate of drug-likeness (QED) is 0.693. The summed E-state index contributed by atoms with van der Waals surface area (Å²) in [4.78, 5) is 14.3. The first-order chi connectivity index (χ1) is 6.22. The molecule has 13 heavy (non-hydrogen) atoms. The molecule has 1 rings (SSSR count). The van der Waals surface area contributed by atoms with Crippen molar-refractivity contribution in [3.63, 3.8) is 0 Å². The number of nitrogens with two attached hydrogens (primary N) is 2. The summed E-state index contributed by atoms with van der Waals surface area (Å²) >= 11 is 0. The zero-order valence-electron chi connectivity index (χ0n) is 7.06. The predicted octanol–water partition coefficient (Wildman–Crippen LogP) is 0.136. The summed E-state index contributed by atoms with van der Waals surface area (Å²) < 4.78 is 4.55. The van der Waals surface area contributed by atoms with Gasteiger partial charge in [0.1, 0.15) is 6.61 Å². The smallest absolute Gasteiger partial charge is 0.404 e. The van der Waals surface area contributed by atoms with Crippen molar-refractivity contribution >= 4 is 6.09 Å². The molecule has 1 heterocycles. The van der Waals surface area contributed by atoms with E-state index >= 15 is 0 Å². The summed E-state index contributed by atoms with van der Waals surface area (Å²) in [6.45, 7) is 0.546. The van der Waals surface area contributed by atoms with Crippen LogP contribution in [-0.4, -0.2) is 11.1 Å². The van der Waals surface area contributed by atoms with Crippen LogP contribution >= 0.6 is 0 Å². The first-order valence-corrected chi connectivity index (χ1v) is 3.78. The van der Waals surface area contributed by atoms with Crippen LogP contribution < -0.4 is 11.5 Å². The van der Waals surface area contributed by atoms with Crippen molar-refractivity contribution in [3.8, 4) is 0 Å². The topological polar surface area (TPSA) is 91.2 Å². The number of primary amides is 1. The van der Waals surface area contributed by atoms with Gasteiger partial charge in [0, 0.05) is 12.7 Å². The Kier molecular flexibility index (Phi) is 3.22. The molecule has 70 valence electrons. The maximum absolute atomic E-state index is 10.2. The Balaban J connectivity index is 2.54. The van der Waals surface area contributed by atoms with Gasteiger partial charge in [0.2, 0.25) is 0 Å².